The van der Waals surface area contributed by atoms with Crippen molar-refractivity contribution in [3.63, 3.8) is 0 Å². The van der Waals surface area contributed by atoms with Crippen molar-refractivity contribution >= 4 is 5.91 Å². The minimum absolute atomic E-state index is 0.107. The number of amides is 1. The lowest BCUT2D eigenvalue weighted by atomic mass is 10.2. The third-order valence-corrected chi connectivity index (χ3v) is 2.82. The van der Waals surface area contributed by atoms with Gasteiger partial charge < -0.3 is 4.90 Å². The molecule has 0 radical (unpaired) electrons. The van der Waals surface area contributed by atoms with Crippen LogP contribution in [0.4, 0.5) is 0 Å². The van der Waals surface area contributed by atoms with Crippen LogP contribution in [0.5, 0.6) is 0 Å². The van der Waals surface area contributed by atoms with Gasteiger partial charge in [0.2, 0.25) is 5.91 Å². The van der Waals surface area contributed by atoms with Crippen LogP contribution in [-0.4, -0.2) is 48.9 Å². The van der Waals surface area contributed by atoms with Gasteiger partial charge in [-0.3, -0.25) is 9.69 Å². The maximum atomic E-state index is 11.9. The summed E-state index contributed by atoms with van der Waals surface area (Å²) in [5.41, 5.74) is 1.32. The second kappa shape index (κ2) is 5.31. The molecule has 3 nitrogen and oxygen atoms in total. The van der Waals surface area contributed by atoms with E-state index in [9.17, 15) is 4.79 Å². The van der Waals surface area contributed by atoms with Crippen molar-refractivity contribution in [3.8, 4) is 0 Å². The minimum atomic E-state index is 0.107. The van der Waals surface area contributed by atoms with Crippen LogP contribution in [0.15, 0.2) is 11.6 Å². The first kappa shape index (κ1) is 12.2. The molecule has 1 amide bonds. The molecule has 0 saturated carbocycles. The van der Waals surface area contributed by atoms with Crippen molar-refractivity contribution in [3.05, 3.63) is 11.6 Å². The second-order valence-electron chi connectivity index (χ2n) is 4.67. The van der Waals surface area contributed by atoms with Gasteiger partial charge in [-0.15, -0.1) is 0 Å². The van der Waals surface area contributed by atoms with Crippen LogP contribution in [0.3, 0.4) is 0 Å². The van der Waals surface area contributed by atoms with Crippen molar-refractivity contribution < 1.29 is 4.79 Å². The second-order valence-corrected chi connectivity index (χ2v) is 4.67. The summed E-state index contributed by atoms with van der Waals surface area (Å²) in [5.74, 6) is 0.245. The molecule has 0 N–H and O–H groups in total. The summed E-state index contributed by atoms with van der Waals surface area (Å²) in [6.07, 6.45) is 4.34. The molecule has 0 bridgehead atoms. The highest BCUT2D eigenvalue weighted by atomic mass is 16.2. The number of hydrogen-bond acceptors (Lipinski definition) is 2. The fourth-order valence-electron chi connectivity index (χ4n) is 1.92. The van der Waals surface area contributed by atoms with E-state index in [1.165, 1.54) is 5.57 Å². The highest BCUT2D eigenvalue weighted by Crippen LogP contribution is 2.18. The predicted octanol–water partition coefficient (Wildman–Crippen LogP) is 1.51. The third kappa shape index (κ3) is 3.34. The molecule has 1 unspecified atom stereocenters. The Morgan fingerprint density at radius 1 is 1.47 bits per heavy atom. The number of nitrogens with zero attached hydrogens (tertiary/aromatic N) is 2. The molecule has 3 heteroatoms. The number of likely N-dealkylation sites (tertiary alicyclic amines) is 1. The minimum Gasteiger partial charge on any atom is -0.347 e. The van der Waals surface area contributed by atoms with Crippen LogP contribution in [0.1, 0.15) is 26.7 Å². The normalized spacial score (nSPS) is 21.5. The first-order valence-corrected chi connectivity index (χ1v) is 5.61. The van der Waals surface area contributed by atoms with E-state index in [2.05, 4.69) is 24.8 Å². The summed E-state index contributed by atoms with van der Waals surface area (Å²) < 4.78 is 0. The first-order chi connectivity index (χ1) is 7.02. The Kier molecular flexibility index (Phi) is 4.33. The van der Waals surface area contributed by atoms with Crippen molar-refractivity contribution in [2.75, 3.05) is 27.2 Å². The van der Waals surface area contributed by atoms with E-state index in [1.54, 1.807) is 4.90 Å². The van der Waals surface area contributed by atoms with Crippen molar-refractivity contribution in [1.29, 1.82) is 0 Å². The zero-order chi connectivity index (χ0) is 11.4. The fourth-order valence-corrected chi connectivity index (χ4v) is 1.92. The standard InChI is InChI=1S/C12H22N2O/c1-10(2)7-9-14-8-5-6-11(14)12(15)13(3)4/h7,11H,5-6,8-9H2,1-4H3. The van der Waals surface area contributed by atoms with Gasteiger partial charge in [-0.25, -0.2) is 0 Å². The molecule has 86 valence electrons. The van der Waals surface area contributed by atoms with E-state index < -0.39 is 0 Å². The van der Waals surface area contributed by atoms with Gasteiger partial charge in [-0.2, -0.15) is 0 Å². The van der Waals surface area contributed by atoms with Crippen LogP contribution in [0, 0.1) is 0 Å². The van der Waals surface area contributed by atoms with Gasteiger partial charge in [0.15, 0.2) is 0 Å². The van der Waals surface area contributed by atoms with Gasteiger partial charge >= 0.3 is 0 Å². The Balaban J connectivity index is 2.57. The van der Waals surface area contributed by atoms with Crippen LogP contribution in [0.2, 0.25) is 0 Å². The Morgan fingerprint density at radius 2 is 2.13 bits per heavy atom. The van der Waals surface area contributed by atoms with E-state index in [-0.39, 0.29) is 11.9 Å². The molecule has 0 spiro atoms. The summed E-state index contributed by atoms with van der Waals surface area (Å²) in [6, 6.07) is 0.107. The maximum Gasteiger partial charge on any atom is 0.239 e. The molecule has 0 aromatic rings. The van der Waals surface area contributed by atoms with E-state index in [0.717, 1.165) is 25.9 Å². The molecule has 1 aliphatic rings. The van der Waals surface area contributed by atoms with Gasteiger partial charge in [-0.1, -0.05) is 11.6 Å². The molecule has 0 aliphatic carbocycles. The topological polar surface area (TPSA) is 23.6 Å². The summed E-state index contributed by atoms with van der Waals surface area (Å²) in [7, 11) is 3.67. The highest BCUT2D eigenvalue weighted by Gasteiger charge is 2.30. The fraction of sp³-hybridized carbons (Fsp3) is 0.750. The van der Waals surface area contributed by atoms with Crippen LogP contribution >= 0.6 is 0 Å². The lowest BCUT2D eigenvalue weighted by Crippen LogP contribution is -2.42. The van der Waals surface area contributed by atoms with Crippen molar-refractivity contribution in [1.82, 2.24) is 9.80 Å². The van der Waals surface area contributed by atoms with Crippen molar-refractivity contribution in [2.24, 2.45) is 0 Å². The average Bonchev–Trinajstić information content (AvgIpc) is 2.60. The first-order valence-electron chi connectivity index (χ1n) is 5.61. The van der Waals surface area contributed by atoms with Gasteiger partial charge in [-0.05, 0) is 33.2 Å². The van der Waals surface area contributed by atoms with Crippen LogP contribution < -0.4 is 0 Å². The molecule has 1 fully saturated rings. The molecule has 0 aromatic carbocycles. The molecule has 1 heterocycles. The quantitative estimate of drug-likeness (QED) is 0.659. The number of allylic oxidation sites excluding steroid dienone is 1. The molecule has 1 rings (SSSR count). The Bertz CT molecular complexity index is 254. The van der Waals surface area contributed by atoms with Crippen molar-refractivity contribution in [2.45, 2.75) is 32.7 Å². The van der Waals surface area contributed by atoms with Gasteiger partial charge in [0.25, 0.3) is 0 Å². The summed E-state index contributed by atoms with van der Waals surface area (Å²) in [4.78, 5) is 15.8. The van der Waals surface area contributed by atoms with Crippen LogP contribution in [-0.2, 0) is 4.79 Å². The van der Waals surface area contributed by atoms with E-state index in [4.69, 9.17) is 0 Å². The van der Waals surface area contributed by atoms with E-state index in [0.29, 0.717) is 0 Å². The maximum absolute atomic E-state index is 11.9. The molecule has 1 saturated heterocycles. The number of likely N-dealkylation sites (N-methyl/N-ethyl adjacent to an activating group) is 1. The Morgan fingerprint density at radius 3 is 2.67 bits per heavy atom. The Labute approximate surface area is 92.7 Å². The largest absolute Gasteiger partial charge is 0.347 e. The molecular formula is C12H22N2O. The molecular weight excluding hydrogens is 188 g/mol. The average molecular weight is 210 g/mol. The molecule has 1 aliphatic heterocycles. The SMILES string of the molecule is CC(C)=CCN1CCCC1C(=O)N(C)C. The Hall–Kier alpha value is -0.830. The van der Waals surface area contributed by atoms with E-state index >= 15 is 0 Å². The summed E-state index contributed by atoms with van der Waals surface area (Å²) in [5, 5.41) is 0. The molecule has 1 atom stereocenters. The predicted molar refractivity (Wildman–Crippen MR) is 62.7 cm³/mol. The molecule has 0 aromatic heterocycles. The van der Waals surface area contributed by atoms with E-state index in [1.807, 2.05) is 14.1 Å². The monoisotopic (exact) mass is 210 g/mol. The molecule has 15 heavy (non-hydrogen) atoms. The smallest absolute Gasteiger partial charge is 0.239 e. The van der Waals surface area contributed by atoms with Gasteiger partial charge in [0.05, 0.1) is 6.04 Å². The third-order valence-electron chi connectivity index (χ3n) is 2.82. The van der Waals surface area contributed by atoms with Gasteiger partial charge in [0, 0.05) is 20.6 Å². The number of rotatable bonds is 3. The zero-order valence-corrected chi connectivity index (χ0v) is 10.3. The number of hydrogen-bond donors (Lipinski definition) is 0. The van der Waals surface area contributed by atoms with Gasteiger partial charge in [0.1, 0.15) is 0 Å². The zero-order valence-electron chi connectivity index (χ0n) is 10.3. The number of carbonyl (C=O) groups excluding carboxylic acids is 1. The highest BCUT2D eigenvalue weighted by molar-refractivity contribution is 5.81. The summed E-state index contributed by atoms with van der Waals surface area (Å²) in [6.45, 7) is 6.15. The number of carbonyl (C=O) groups is 1. The summed E-state index contributed by atoms with van der Waals surface area (Å²) >= 11 is 0. The van der Waals surface area contributed by atoms with Crippen LogP contribution in [0.25, 0.3) is 0 Å². The lowest BCUT2D eigenvalue weighted by molar-refractivity contribution is -0.133. The lowest BCUT2D eigenvalue weighted by Gasteiger charge is -2.25.